The quantitative estimate of drug-likeness (QED) is 0.683. The van der Waals surface area contributed by atoms with Crippen LogP contribution in [0.1, 0.15) is 24.8 Å². The molecule has 0 spiro atoms. The standard InChI is InChI=1S/C14H18ClN3O2.ClH/c15-13-4-1-10(7-14(13)18(19)20)8-17-6-5-11-2-3-12(9-17)16-11;/h1,4,7,11-12,16H,2-3,5-6,8-9H2;1H. The van der Waals surface area contributed by atoms with Crippen molar-refractivity contribution in [3.05, 3.63) is 38.9 Å². The van der Waals surface area contributed by atoms with Crippen molar-refractivity contribution >= 4 is 29.7 Å². The van der Waals surface area contributed by atoms with Crippen molar-refractivity contribution in [3.8, 4) is 0 Å². The SMILES string of the molecule is Cl.O=[N+]([O-])c1cc(CN2CCC3CCC(C2)N3)ccc1Cl. The summed E-state index contributed by atoms with van der Waals surface area (Å²) in [4.78, 5) is 12.9. The van der Waals surface area contributed by atoms with Crippen LogP contribution in [0, 0.1) is 10.1 Å². The average molecular weight is 332 g/mol. The van der Waals surface area contributed by atoms with Gasteiger partial charge in [0, 0.05) is 37.8 Å². The highest BCUT2D eigenvalue weighted by molar-refractivity contribution is 6.32. The number of halogens is 2. The summed E-state index contributed by atoms with van der Waals surface area (Å²) >= 11 is 5.85. The fraction of sp³-hybridized carbons (Fsp3) is 0.571. The number of likely N-dealkylation sites (tertiary alicyclic amines) is 1. The Kier molecular flexibility index (Phi) is 5.43. The zero-order chi connectivity index (χ0) is 14.1. The minimum absolute atomic E-state index is 0. The molecule has 2 bridgehead atoms. The van der Waals surface area contributed by atoms with Gasteiger partial charge in [-0.3, -0.25) is 15.0 Å². The lowest BCUT2D eigenvalue weighted by Gasteiger charge is -2.23. The molecule has 2 fully saturated rings. The maximum Gasteiger partial charge on any atom is 0.288 e. The molecule has 3 rings (SSSR count). The summed E-state index contributed by atoms with van der Waals surface area (Å²) < 4.78 is 0. The van der Waals surface area contributed by atoms with Crippen LogP contribution < -0.4 is 5.32 Å². The Balaban J connectivity index is 0.00000161. The van der Waals surface area contributed by atoms with Gasteiger partial charge in [0.25, 0.3) is 5.69 Å². The van der Waals surface area contributed by atoms with E-state index in [0.717, 1.165) is 31.6 Å². The smallest absolute Gasteiger partial charge is 0.288 e. The number of hydrogen-bond acceptors (Lipinski definition) is 4. The molecular weight excluding hydrogens is 313 g/mol. The van der Waals surface area contributed by atoms with Gasteiger partial charge >= 0.3 is 0 Å². The first kappa shape index (κ1) is 16.5. The van der Waals surface area contributed by atoms with Gasteiger partial charge in [-0.05, 0) is 30.9 Å². The van der Waals surface area contributed by atoms with E-state index in [1.54, 1.807) is 12.1 Å². The summed E-state index contributed by atoms with van der Waals surface area (Å²) in [6.07, 6.45) is 3.68. The lowest BCUT2D eigenvalue weighted by atomic mass is 10.1. The molecule has 7 heteroatoms. The number of nitro benzene ring substituents is 1. The Hall–Kier alpha value is -0.880. The van der Waals surface area contributed by atoms with E-state index in [1.165, 1.54) is 12.8 Å². The lowest BCUT2D eigenvalue weighted by Crippen LogP contribution is -2.34. The number of nitrogens with zero attached hydrogens (tertiary/aromatic N) is 2. The third-order valence-electron chi connectivity index (χ3n) is 4.22. The van der Waals surface area contributed by atoms with E-state index in [2.05, 4.69) is 10.2 Å². The fourth-order valence-corrected chi connectivity index (χ4v) is 3.40. The van der Waals surface area contributed by atoms with Crippen molar-refractivity contribution in [2.45, 2.75) is 37.9 Å². The molecule has 2 heterocycles. The molecule has 2 atom stereocenters. The summed E-state index contributed by atoms with van der Waals surface area (Å²) in [6.45, 7) is 2.82. The lowest BCUT2D eigenvalue weighted by molar-refractivity contribution is -0.384. The van der Waals surface area contributed by atoms with Crippen molar-refractivity contribution in [1.82, 2.24) is 10.2 Å². The Labute approximate surface area is 135 Å². The van der Waals surface area contributed by atoms with Crippen molar-refractivity contribution < 1.29 is 4.92 Å². The molecule has 5 nitrogen and oxygen atoms in total. The third-order valence-corrected chi connectivity index (χ3v) is 4.54. The number of hydrogen-bond donors (Lipinski definition) is 1. The van der Waals surface area contributed by atoms with E-state index < -0.39 is 4.92 Å². The van der Waals surface area contributed by atoms with E-state index in [4.69, 9.17) is 11.6 Å². The van der Waals surface area contributed by atoms with Crippen LogP contribution in [0.5, 0.6) is 0 Å². The number of nitro groups is 1. The second-order valence-electron chi connectivity index (χ2n) is 5.70. The molecule has 1 aromatic carbocycles. The molecule has 2 aliphatic heterocycles. The zero-order valence-electron chi connectivity index (χ0n) is 11.6. The highest BCUT2D eigenvalue weighted by atomic mass is 35.5. The van der Waals surface area contributed by atoms with Gasteiger partial charge < -0.3 is 5.32 Å². The van der Waals surface area contributed by atoms with Crippen LogP contribution in [-0.4, -0.2) is 35.0 Å². The molecule has 1 aromatic rings. The van der Waals surface area contributed by atoms with E-state index in [1.807, 2.05) is 6.07 Å². The largest absolute Gasteiger partial charge is 0.310 e. The van der Waals surface area contributed by atoms with E-state index >= 15 is 0 Å². The van der Waals surface area contributed by atoms with Crippen molar-refractivity contribution in [3.63, 3.8) is 0 Å². The monoisotopic (exact) mass is 331 g/mol. The topological polar surface area (TPSA) is 58.4 Å². The van der Waals surface area contributed by atoms with Crippen LogP contribution in [0.3, 0.4) is 0 Å². The molecule has 2 unspecified atom stereocenters. The predicted octanol–water partition coefficient (Wildman–Crippen LogP) is 3.00. The second-order valence-corrected chi connectivity index (χ2v) is 6.11. The molecule has 21 heavy (non-hydrogen) atoms. The van der Waals surface area contributed by atoms with Gasteiger partial charge in [0.2, 0.25) is 0 Å². The number of nitrogens with one attached hydrogen (secondary N) is 1. The predicted molar refractivity (Wildman–Crippen MR) is 85.2 cm³/mol. The van der Waals surface area contributed by atoms with Crippen LogP contribution in [-0.2, 0) is 6.54 Å². The molecule has 0 radical (unpaired) electrons. The van der Waals surface area contributed by atoms with E-state index in [-0.39, 0.29) is 23.1 Å². The molecule has 0 amide bonds. The Morgan fingerprint density at radius 3 is 2.86 bits per heavy atom. The normalized spacial score (nSPS) is 25.2. The minimum Gasteiger partial charge on any atom is -0.310 e. The van der Waals surface area contributed by atoms with Crippen molar-refractivity contribution in [1.29, 1.82) is 0 Å². The van der Waals surface area contributed by atoms with E-state index in [0.29, 0.717) is 12.1 Å². The average Bonchev–Trinajstić information content (AvgIpc) is 2.74. The fourth-order valence-electron chi connectivity index (χ4n) is 3.21. The highest BCUT2D eigenvalue weighted by Crippen LogP contribution is 2.27. The summed E-state index contributed by atoms with van der Waals surface area (Å²) in [5.41, 5.74) is 0.956. The number of benzene rings is 1. The maximum absolute atomic E-state index is 10.9. The van der Waals surface area contributed by atoms with Crippen LogP contribution in [0.2, 0.25) is 5.02 Å². The molecule has 0 saturated carbocycles. The summed E-state index contributed by atoms with van der Waals surface area (Å²) in [5.74, 6) is 0. The van der Waals surface area contributed by atoms with Crippen LogP contribution in [0.15, 0.2) is 18.2 Å². The molecule has 0 aliphatic carbocycles. The summed E-state index contributed by atoms with van der Waals surface area (Å²) in [6, 6.07) is 6.33. The second kappa shape index (κ2) is 6.92. The molecule has 2 saturated heterocycles. The van der Waals surface area contributed by atoms with Gasteiger partial charge in [0.05, 0.1) is 4.92 Å². The Morgan fingerprint density at radius 2 is 2.10 bits per heavy atom. The minimum atomic E-state index is -0.419. The van der Waals surface area contributed by atoms with Crippen molar-refractivity contribution in [2.75, 3.05) is 13.1 Å². The molecule has 0 aromatic heterocycles. The molecule has 2 aliphatic rings. The first-order valence-corrected chi connectivity index (χ1v) is 7.41. The van der Waals surface area contributed by atoms with Gasteiger partial charge in [-0.25, -0.2) is 0 Å². The van der Waals surface area contributed by atoms with Gasteiger partial charge in [0.15, 0.2) is 0 Å². The third kappa shape index (κ3) is 3.86. The molecule has 116 valence electrons. The summed E-state index contributed by atoms with van der Waals surface area (Å²) in [7, 11) is 0. The van der Waals surface area contributed by atoms with Gasteiger partial charge in [-0.2, -0.15) is 0 Å². The molecule has 1 N–H and O–H groups in total. The Bertz CT molecular complexity index is 527. The summed E-state index contributed by atoms with van der Waals surface area (Å²) in [5, 5.41) is 14.8. The first-order valence-electron chi connectivity index (χ1n) is 7.03. The highest BCUT2D eigenvalue weighted by Gasteiger charge is 2.29. The van der Waals surface area contributed by atoms with Crippen LogP contribution in [0.25, 0.3) is 0 Å². The van der Waals surface area contributed by atoms with Gasteiger partial charge in [-0.1, -0.05) is 17.7 Å². The van der Waals surface area contributed by atoms with Crippen LogP contribution in [0.4, 0.5) is 5.69 Å². The maximum atomic E-state index is 10.9. The first-order chi connectivity index (χ1) is 9.61. The number of fused-ring (bicyclic) bond motifs is 2. The number of rotatable bonds is 3. The zero-order valence-corrected chi connectivity index (χ0v) is 13.2. The van der Waals surface area contributed by atoms with Crippen LogP contribution >= 0.6 is 24.0 Å². The van der Waals surface area contributed by atoms with E-state index in [9.17, 15) is 10.1 Å². The Morgan fingerprint density at radius 1 is 1.33 bits per heavy atom. The molecular formula is C14H19Cl2N3O2. The van der Waals surface area contributed by atoms with Gasteiger partial charge in [-0.15, -0.1) is 12.4 Å². The van der Waals surface area contributed by atoms with Crippen molar-refractivity contribution in [2.24, 2.45) is 0 Å². The van der Waals surface area contributed by atoms with Gasteiger partial charge in [0.1, 0.15) is 5.02 Å².